The van der Waals surface area contributed by atoms with Crippen molar-refractivity contribution >= 4 is 5.69 Å². The van der Waals surface area contributed by atoms with Crippen molar-refractivity contribution in [1.82, 2.24) is 4.98 Å². The molecular weight excluding hydrogens is 186 g/mol. The zero-order chi connectivity index (χ0) is 10.8. The van der Waals surface area contributed by atoms with Crippen molar-refractivity contribution in [2.24, 2.45) is 5.73 Å². The van der Waals surface area contributed by atoms with Crippen molar-refractivity contribution in [3.63, 3.8) is 0 Å². The molecule has 1 saturated carbocycles. The molecule has 3 heteroatoms. The third-order valence-electron chi connectivity index (χ3n) is 3.09. The van der Waals surface area contributed by atoms with E-state index < -0.39 is 0 Å². The second-order valence-corrected chi connectivity index (χ2v) is 4.30. The first-order valence-corrected chi connectivity index (χ1v) is 5.66. The Kier molecular flexibility index (Phi) is 2.91. The summed E-state index contributed by atoms with van der Waals surface area (Å²) in [5.74, 6) is 0. The molecular formula is C12H19N3. The summed E-state index contributed by atoms with van der Waals surface area (Å²) in [6, 6.07) is 4.97. The van der Waals surface area contributed by atoms with Gasteiger partial charge in [-0.3, -0.25) is 4.98 Å². The maximum atomic E-state index is 5.92. The fourth-order valence-electron chi connectivity index (χ4n) is 1.71. The van der Waals surface area contributed by atoms with Crippen LogP contribution in [0.15, 0.2) is 18.3 Å². The highest BCUT2D eigenvalue weighted by Gasteiger charge is 2.26. The molecule has 82 valence electrons. The fourth-order valence-corrected chi connectivity index (χ4v) is 1.71. The number of aromatic nitrogens is 1. The summed E-state index contributed by atoms with van der Waals surface area (Å²) >= 11 is 0. The molecule has 1 aromatic heterocycles. The predicted octanol–water partition coefficient (Wildman–Crippen LogP) is 2.09. The van der Waals surface area contributed by atoms with Gasteiger partial charge in [0.25, 0.3) is 0 Å². The van der Waals surface area contributed by atoms with E-state index in [2.05, 4.69) is 29.9 Å². The Balaban J connectivity index is 2.09. The number of pyridine rings is 1. The van der Waals surface area contributed by atoms with Crippen LogP contribution in [-0.4, -0.2) is 18.1 Å². The standard InChI is InChI=1S/C12H19N3/c1-3-11(13)12-7-6-10(8-14-12)15(2)9-4-5-9/h6-9,11H,3-5,13H2,1-2H3/t11-/m0/s1. The molecule has 1 fully saturated rings. The SMILES string of the molecule is CC[C@H](N)c1ccc(N(C)C2CC2)cn1. The van der Waals surface area contributed by atoms with Crippen LogP contribution in [-0.2, 0) is 0 Å². The van der Waals surface area contributed by atoms with Crippen LogP contribution in [0.25, 0.3) is 0 Å². The van der Waals surface area contributed by atoms with Gasteiger partial charge in [-0.2, -0.15) is 0 Å². The number of hydrogen-bond donors (Lipinski definition) is 1. The van der Waals surface area contributed by atoms with Gasteiger partial charge >= 0.3 is 0 Å². The van der Waals surface area contributed by atoms with Crippen LogP contribution in [0.2, 0.25) is 0 Å². The molecule has 1 heterocycles. The first kappa shape index (κ1) is 10.4. The van der Waals surface area contributed by atoms with Crippen molar-refractivity contribution in [1.29, 1.82) is 0 Å². The van der Waals surface area contributed by atoms with Crippen LogP contribution in [0, 0.1) is 0 Å². The largest absolute Gasteiger partial charge is 0.370 e. The minimum absolute atomic E-state index is 0.0743. The van der Waals surface area contributed by atoms with E-state index >= 15 is 0 Å². The Bertz CT molecular complexity index is 316. The topological polar surface area (TPSA) is 42.1 Å². The van der Waals surface area contributed by atoms with Crippen molar-refractivity contribution in [2.75, 3.05) is 11.9 Å². The number of rotatable bonds is 4. The van der Waals surface area contributed by atoms with Crippen molar-refractivity contribution in [2.45, 2.75) is 38.3 Å². The summed E-state index contributed by atoms with van der Waals surface area (Å²) in [5.41, 5.74) is 8.11. The summed E-state index contributed by atoms with van der Waals surface area (Å²) in [4.78, 5) is 6.71. The van der Waals surface area contributed by atoms with E-state index in [1.807, 2.05) is 12.3 Å². The van der Waals surface area contributed by atoms with Gasteiger partial charge in [-0.05, 0) is 31.4 Å². The van der Waals surface area contributed by atoms with Gasteiger partial charge < -0.3 is 10.6 Å². The van der Waals surface area contributed by atoms with E-state index in [0.29, 0.717) is 0 Å². The Hall–Kier alpha value is -1.09. The average Bonchev–Trinajstić information content (AvgIpc) is 3.11. The zero-order valence-electron chi connectivity index (χ0n) is 9.48. The summed E-state index contributed by atoms with van der Waals surface area (Å²) in [6.45, 7) is 2.08. The van der Waals surface area contributed by atoms with E-state index in [0.717, 1.165) is 18.2 Å². The monoisotopic (exact) mass is 205 g/mol. The lowest BCUT2D eigenvalue weighted by atomic mass is 10.1. The number of hydrogen-bond acceptors (Lipinski definition) is 3. The lowest BCUT2D eigenvalue weighted by Gasteiger charge is -2.18. The third kappa shape index (κ3) is 2.29. The Morgan fingerprint density at radius 3 is 2.73 bits per heavy atom. The van der Waals surface area contributed by atoms with Crippen LogP contribution < -0.4 is 10.6 Å². The van der Waals surface area contributed by atoms with Gasteiger partial charge in [0.05, 0.1) is 17.6 Å². The molecule has 1 aromatic rings. The molecule has 0 spiro atoms. The van der Waals surface area contributed by atoms with E-state index in [4.69, 9.17) is 5.73 Å². The second kappa shape index (κ2) is 4.19. The highest BCUT2D eigenvalue weighted by Crippen LogP contribution is 2.29. The Labute approximate surface area is 91.3 Å². The van der Waals surface area contributed by atoms with Crippen LogP contribution in [0.4, 0.5) is 5.69 Å². The molecule has 1 aliphatic rings. The molecule has 0 aromatic carbocycles. The first-order chi connectivity index (χ1) is 7.22. The van der Waals surface area contributed by atoms with Gasteiger partial charge in [0.2, 0.25) is 0 Å². The first-order valence-electron chi connectivity index (χ1n) is 5.66. The lowest BCUT2D eigenvalue weighted by molar-refractivity contribution is 0.675. The van der Waals surface area contributed by atoms with E-state index in [-0.39, 0.29) is 6.04 Å². The van der Waals surface area contributed by atoms with Gasteiger partial charge in [-0.25, -0.2) is 0 Å². The van der Waals surface area contributed by atoms with Crippen molar-refractivity contribution in [3.05, 3.63) is 24.0 Å². The molecule has 0 saturated heterocycles. The third-order valence-corrected chi connectivity index (χ3v) is 3.09. The minimum atomic E-state index is 0.0743. The summed E-state index contributed by atoms with van der Waals surface area (Å²) in [5, 5.41) is 0. The summed E-state index contributed by atoms with van der Waals surface area (Å²) in [6.07, 6.45) is 5.49. The van der Waals surface area contributed by atoms with Crippen LogP contribution in [0.3, 0.4) is 0 Å². The molecule has 0 unspecified atom stereocenters. The number of anilines is 1. The molecule has 0 bridgehead atoms. The van der Waals surface area contributed by atoms with Crippen LogP contribution in [0.1, 0.15) is 37.9 Å². The van der Waals surface area contributed by atoms with Crippen LogP contribution >= 0.6 is 0 Å². The normalized spacial score (nSPS) is 17.5. The summed E-state index contributed by atoms with van der Waals surface area (Å²) in [7, 11) is 2.13. The average molecular weight is 205 g/mol. The molecule has 0 radical (unpaired) electrons. The molecule has 0 aliphatic heterocycles. The van der Waals surface area contributed by atoms with E-state index in [1.165, 1.54) is 18.5 Å². The van der Waals surface area contributed by atoms with E-state index in [1.54, 1.807) is 0 Å². The van der Waals surface area contributed by atoms with E-state index in [9.17, 15) is 0 Å². The Morgan fingerprint density at radius 1 is 1.53 bits per heavy atom. The molecule has 1 aliphatic carbocycles. The van der Waals surface area contributed by atoms with Crippen molar-refractivity contribution < 1.29 is 0 Å². The van der Waals surface area contributed by atoms with Crippen LogP contribution in [0.5, 0.6) is 0 Å². The van der Waals surface area contributed by atoms with Gasteiger partial charge in [-0.1, -0.05) is 6.92 Å². The van der Waals surface area contributed by atoms with Gasteiger partial charge in [0.15, 0.2) is 0 Å². The van der Waals surface area contributed by atoms with Gasteiger partial charge in [0, 0.05) is 19.1 Å². The molecule has 2 rings (SSSR count). The second-order valence-electron chi connectivity index (χ2n) is 4.30. The predicted molar refractivity (Wildman–Crippen MR) is 62.9 cm³/mol. The maximum absolute atomic E-state index is 5.92. The molecule has 15 heavy (non-hydrogen) atoms. The van der Waals surface area contributed by atoms with Crippen molar-refractivity contribution in [3.8, 4) is 0 Å². The number of nitrogens with zero attached hydrogens (tertiary/aromatic N) is 2. The lowest BCUT2D eigenvalue weighted by Crippen LogP contribution is -2.20. The minimum Gasteiger partial charge on any atom is -0.370 e. The molecule has 2 N–H and O–H groups in total. The smallest absolute Gasteiger partial charge is 0.0572 e. The molecule has 3 nitrogen and oxygen atoms in total. The molecule has 0 amide bonds. The van der Waals surface area contributed by atoms with Gasteiger partial charge in [0.1, 0.15) is 0 Å². The Morgan fingerprint density at radius 2 is 2.27 bits per heavy atom. The fraction of sp³-hybridized carbons (Fsp3) is 0.583. The maximum Gasteiger partial charge on any atom is 0.0572 e. The highest BCUT2D eigenvalue weighted by molar-refractivity contribution is 5.46. The molecule has 1 atom stereocenters. The number of nitrogens with two attached hydrogens (primary N) is 1. The summed E-state index contributed by atoms with van der Waals surface area (Å²) < 4.78 is 0. The van der Waals surface area contributed by atoms with Gasteiger partial charge in [-0.15, -0.1) is 0 Å². The quantitative estimate of drug-likeness (QED) is 0.818. The highest BCUT2D eigenvalue weighted by atomic mass is 15.2. The zero-order valence-corrected chi connectivity index (χ0v) is 9.48.